The molecule has 0 atom stereocenters. The number of nitro groups is 1. The van der Waals surface area contributed by atoms with E-state index in [9.17, 15) is 28.5 Å². The number of nitro benzene ring substituents is 1. The van der Waals surface area contributed by atoms with E-state index in [-0.39, 0.29) is 19.4 Å². The molecule has 3 N–H and O–H groups in total. The van der Waals surface area contributed by atoms with E-state index < -0.39 is 39.6 Å². The maximum atomic E-state index is 13.6. The van der Waals surface area contributed by atoms with Gasteiger partial charge in [0.05, 0.1) is 16.6 Å². The Morgan fingerprint density at radius 3 is 2.55 bits per heavy atom. The minimum atomic E-state index is -1.41. The third-order valence-corrected chi connectivity index (χ3v) is 2.35. The lowest BCUT2D eigenvalue weighted by atomic mass is 10.1. The number of amides is 2. The second-order valence-electron chi connectivity index (χ2n) is 3.87. The quantitative estimate of drug-likeness (QED) is 0.458. The molecule has 0 bridgehead atoms. The van der Waals surface area contributed by atoms with E-state index in [1.54, 1.807) is 0 Å². The molecule has 1 aromatic rings. The van der Waals surface area contributed by atoms with E-state index in [1.165, 1.54) is 0 Å². The molecule has 0 spiro atoms. The number of carbonyl (C=O) groups is 2. The third-order valence-electron chi connectivity index (χ3n) is 2.35. The summed E-state index contributed by atoms with van der Waals surface area (Å²) in [4.78, 5) is 31.4. The van der Waals surface area contributed by atoms with Crippen LogP contribution in [0.2, 0.25) is 0 Å². The van der Waals surface area contributed by atoms with E-state index in [0.29, 0.717) is 12.1 Å². The van der Waals surface area contributed by atoms with Crippen molar-refractivity contribution in [3.8, 4) is 0 Å². The number of carbonyl (C=O) groups excluding carboxylic acids is 2. The summed E-state index contributed by atoms with van der Waals surface area (Å²) in [6.45, 7) is 0.00548. The molecule has 0 aliphatic heterocycles. The highest BCUT2D eigenvalue weighted by Gasteiger charge is 2.23. The van der Waals surface area contributed by atoms with E-state index >= 15 is 0 Å². The number of hydrogen-bond donors (Lipinski definition) is 2. The fraction of sp³-hybridized carbons (Fsp3) is 0.273. The summed E-state index contributed by atoms with van der Waals surface area (Å²) < 4.78 is 26.8. The van der Waals surface area contributed by atoms with Crippen molar-refractivity contribution in [3.63, 3.8) is 0 Å². The third kappa shape index (κ3) is 3.97. The van der Waals surface area contributed by atoms with Gasteiger partial charge < -0.3 is 11.1 Å². The molecule has 0 aromatic heterocycles. The average Bonchev–Trinajstić information content (AvgIpc) is 2.36. The van der Waals surface area contributed by atoms with Crippen LogP contribution < -0.4 is 11.1 Å². The number of rotatable bonds is 6. The molecule has 0 fully saturated rings. The van der Waals surface area contributed by atoms with Gasteiger partial charge in [-0.1, -0.05) is 0 Å². The normalized spacial score (nSPS) is 10.1. The van der Waals surface area contributed by atoms with Crippen LogP contribution in [0.5, 0.6) is 0 Å². The van der Waals surface area contributed by atoms with Crippen molar-refractivity contribution in [1.82, 2.24) is 5.32 Å². The monoisotopic (exact) mass is 287 g/mol. The predicted octanol–water partition coefficient (Wildman–Crippen LogP) is 0.868. The number of halogens is 2. The SMILES string of the molecule is NC(=O)CCCNC(=O)c1cc(F)cc([N+](=O)[O-])c1F. The highest BCUT2D eigenvalue weighted by molar-refractivity contribution is 5.95. The summed E-state index contributed by atoms with van der Waals surface area (Å²) >= 11 is 0. The van der Waals surface area contributed by atoms with Crippen LogP contribution in [-0.2, 0) is 4.79 Å². The van der Waals surface area contributed by atoms with Crippen LogP contribution in [0.1, 0.15) is 23.2 Å². The zero-order chi connectivity index (χ0) is 15.3. The molecule has 1 aromatic carbocycles. The second-order valence-corrected chi connectivity index (χ2v) is 3.87. The van der Waals surface area contributed by atoms with Crippen LogP contribution in [0.3, 0.4) is 0 Å². The summed E-state index contributed by atoms with van der Waals surface area (Å²) in [5.41, 5.74) is 3.00. The standard InChI is InChI=1S/C11H11F2N3O4/c12-6-4-7(10(13)8(5-6)16(19)20)11(18)15-3-1-2-9(14)17/h4-5H,1-3H2,(H2,14,17)(H,15,18). The van der Waals surface area contributed by atoms with Gasteiger partial charge in [-0.25, -0.2) is 4.39 Å². The van der Waals surface area contributed by atoms with Gasteiger partial charge in [0.2, 0.25) is 11.7 Å². The van der Waals surface area contributed by atoms with Crippen molar-refractivity contribution in [1.29, 1.82) is 0 Å². The molecule has 0 aliphatic carbocycles. The molecule has 2 amide bonds. The number of benzene rings is 1. The molecule has 0 saturated carbocycles. The Kier molecular flexibility index (Phi) is 5.07. The van der Waals surface area contributed by atoms with Crippen molar-refractivity contribution >= 4 is 17.5 Å². The molecule has 0 heterocycles. The molecule has 0 radical (unpaired) electrons. The van der Waals surface area contributed by atoms with Gasteiger partial charge in [0.15, 0.2) is 0 Å². The maximum absolute atomic E-state index is 13.6. The number of primary amides is 1. The van der Waals surface area contributed by atoms with Crippen molar-refractivity contribution in [2.45, 2.75) is 12.8 Å². The maximum Gasteiger partial charge on any atom is 0.308 e. The van der Waals surface area contributed by atoms with Crippen LogP contribution in [0, 0.1) is 21.7 Å². The number of hydrogen-bond acceptors (Lipinski definition) is 4. The van der Waals surface area contributed by atoms with Crippen LogP contribution in [0.25, 0.3) is 0 Å². The van der Waals surface area contributed by atoms with Gasteiger partial charge in [-0.05, 0) is 12.5 Å². The topological polar surface area (TPSA) is 115 Å². The molecule has 108 valence electrons. The summed E-state index contributed by atoms with van der Waals surface area (Å²) in [6.07, 6.45) is 0.242. The van der Waals surface area contributed by atoms with Gasteiger partial charge in [0.1, 0.15) is 5.82 Å². The molecule has 0 unspecified atom stereocenters. The Morgan fingerprint density at radius 2 is 2.00 bits per heavy atom. The first-order valence-corrected chi connectivity index (χ1v) is 5.53. The van der Waals surface area contributed by atoms with Crippen molar-refractivity contribution in [2.75, 3.05) is 6.54 Å². The molecule has 0 saturated heterocycles. The van der Waals surface area contributed by atoms with E-state index in [2.05, 4.69) is 5.32 Å². The molecule has 20 heavy (non-hydrogen) atoms. The number of nitrogens with zero attached hydrogens (tertiary/aromatic N) is 1. The van der Waals surface area contributed by atoms with Crippen molar-refractivity contribution in [2.24, 2.45) is 5.73 Å². The summed E-state index contributed by atoms with van der Waals surface area (Å²) in [7, 11) is 0. The minimum absolute atomic E-state index is 0.00548. The number of nitrogens with one attached hydrogen (secondary N) is 1. The summed E-state index contributed by atoms with van der Waals surface area (Å²) in [5, 5.41) is 12.7. The molecule has 9 heteroatoms. The fourth-order valence-corrected chi connectivity index (χ4v) is 1.43. The van der Waals surface area contributed by atoms with Crippen LogP contribution >= 0.6 is 0 Å². The zero-order valence-corrected chi connectivity index (χ0v) is 10.2. The van der Waals surface area contributed by atoms with Crippen LogP contribution in [0.4, 0.5) is 14.5 Å². The Balaban J connectivity index is 2.82. The Morgan fingerprint density at radius 1 is 1.35 bits per heavy atom. The Labute approximate surface area is 111 Å². The van der Waals surface area contributed by atoms with E-state index in [1.807, 2.05) is 0 Å². The summed E-state index contributed by atoms with van der Waals surface area (Å²) in [5.74, 6) is -4.08. The van der Waals surface area contributed by atoms with Crippen LogP contribution in [-0.4, -0.2) is 23.3 Å². The Bertz CT molecular complexity index is 563. The predicted molar refractivity (Wildman–Crippen MR) is 63.8 cm³/mol. The van der Waals surface area contributed by atoms with Gasteiger partial charge in [-0.2, -0.15) is 4.39 Å². The minimum Gasteiger partial charge on any atom is -0.370 e. The highest BCUT2D eigenvalue weighted by Crippen LogP contribution is 2.22. The smallest absolute Gasteiger partial charge is 0.308 e. The largest absolute Gasteiger partial charge is 0.370 e. The highest BCUT2D eigenvalue weighted by atomic mass is 19.1. The zero-order valence-electron chi connectivity index (χ0n) is 10.2. The molecular weight excluding hydrogens is 276 g/mol. The first-order valence-electron chi connectivity index (χ1n) is 5.53. The molecule has 0 aliphatic rings. The van der Waals surface area contributed by atoms with Crippen LogP contribution in [0.15, 0.2) is 12.1 Å². The second kappa shape index (κ2) is 6.55. The molecule has 1 rings (SSSR count). The van der Waals surface area contributed by atoms with Gasteiger partial charge in [-0.3, -0.25) is 19.7 Å². The van der Waals surface area contributed by atoms with Gasteiger partial charge in [-0.15, -0.1) is 0 Å². The first kappa shape index (κ1) is 15.5. The first-order chi connectivity index (χ1) is 9.32. The lowest BCUT2D eigenvalue weighted by molar-refractivity contribution is -0.387. The van der Waals surface area contributed by atoms with Crippen molar-refractivity contribution in [3.05, 3.63) is 39.4 Å². The lowest BCUT2D eigenvalue weighted by Gasteiger charge is -2.06. The van der Waals surface area contributed by atoms with E-state index in [4.69, 9.17) is 5.73 Å². The summed E-state index contributed by atoms with van der Waals surface area (Å²) in [6, 6.07) is 0.949. The lowest BCUT2D eigenvalue weighted by Crippen LogP contribution is -2.26. The van der Waals surface area contributed by atoms with Gasteiger partial charge in [0, 0.05) is 13.0 Å². The molecule has 7 nitrogen and oxygen atoms in total. The number of nitrogens with two attached hydrogens (primary N) is 1. The van der Waals surface area contributed by atoms with Gasteiger partial charge >= 0.3 is 5.69 Å². The average molecular weight is 287 g/mol. The molecular formula is C11H11F2N3O4. The van der Waals surface area contributed by atoms with Gasteiger partial charge in [0.25, 0.3) is 5.91 Å². The van der Waals surface area contributed by atoms with E-state index in [0.717, 1.165) is 0 Å². The fourth-order valence-electron chi connectivity index (χ4n) is 1.43. The van der Waals surface area contributed by atoms with Crippen molar-refractivity contribution < 1.29 is 23.3 Å². The Hall–Kier alpha value is -2.58.